The standard InChI is InChI=1S/C11H14N4O/c1-8-11(13-6-5-12-8)9(2)14-7-10-3-4-15-16-10/h3-6,9,14H,7H2,1-2H3. The molecule has 0 radical (unpaired) electrons. The van der Waals surface area contributed by atoms with Crippen molar-refractivity contribution in [3.8, 4) is 0 Å². The monoisotopic (exact) mass is 218 g/mol. The summed E-state index contributed by atoms with van der Waals surface area (Å²) in [5.41, 5.74) is 1.90. The molecule has 0 fully saturated rings. The van der Waals surface area contributed by atoms with Crippen LogP contribution in [0.2, 0.25) is 0 Å². The molecule has 0 bridgehead atoms. The first-order valence-corrected chi connectivity index (χ1v) is 5.18. The average molecular weight is 218 g/mol. The van der Waals surface area contributed by atoms with Gasteiger partial charge in [-0.3, -0.25) is 9.97 Å². The van der Waals surface area contributed by atoms with Crippen molar-refractivity contribution in [3.63, 3.8) is 0 Å². The van der Waals surface area contributed by atoms with Gasteiger partial charge in [0, 0.05) is 24.5 Å². The number of rotatable bonds is 4. The van der Waals surface area contributed by atoms with E-state index in [0.717, 1.165) is 17.1 Å². The van der Waals surface area contributed by atoms with Gasteiger partial charge in [0.1, 0.15) is 5.76 Å². The van der Waals surface area contributed by atoms with Crippen LogP contribution >= 0.6 is 0 Å². The van der Waals surface area contributed by atoms with Gasteiger partial charge in [0.15, 0.2) is 0 Å². The third-order valence-corrected chi connectivity index (χ3v) is 2.40. The lowest BCUT2D eigenvalue weighted by Gasteiger charge is -2.13. The average Bonchev–Trinajstić information content (AvgIpc) is 2.79. The van der Waals surface area contributed by atoms with Crippen molar-refractivity contribution < 1.29 is 4.52 Å². The Morgan fingerprint density at radius 2 is 2.12 bits per heavy atom. The van der Waals surface area contributed by atoms with Crippen LogP contribution in [0.5, 0.6) is 0 Å². The molecule has 0 spiro atoms. The van der Waals surface area contributed by atoms with Crippen LogP contribution in [0.3, 0.4) is 0 Å². The minimum absolute atomic E-state index is 0.138. The Labute approximate surface area is 93.9 Å². The van der Waals surface area contributed by atoms with Crippen molar-refractivity contribution in [2.45, 2.75) is 26.4 Å². The highest BCUT2D eigenvalue weighted by Crippen LogP contribution is 2.12. The van der Waals surface area contributed by atoms with Crippen LogP contribution < -0.4 is 5.32 Å². The van der Waals surface area contributed by atoms with Gasteiger partial charge in [-0.25, -0.2) is 0 Å². The number of nitrogens with zero attached hydrogens (tertiary/aromatic N) is 3. The fourth-order valence-corrected chi connectivity index (χ4v) is 1.53. The molecule has 0 aliphatic heterocycles. The van der Waals surface area contributed by atoms with E-state index in [9.17, 15) is 0 Å². The Morgan fingerprint density at radius 3 is 2.81 bits per heavy atom. The van der Waals surface area contributed by atoms with Gasteiger partial charge in [0.05, 0.1) is 24.1 Å². The number of hydrogen-bond donors (Lipinski definition) is 1. The maximum atomic E-state index is 5.00. The molecule has 2 aromatic heterocycles. The van der Waals surface area contributed by atoms with E-state index in [0.29, 0.717) is 6.54 Å². The number of aromatic nitrogens is 3. The molecular formula is C11H14N4O. The van der Waals surface area contributed by atoms with Gasteiger partial charge in [-0.05, 0) is 13.8 Å². The van der Waals surface area contributed by atoms with Crippen LogP contribution in [0.15, 0.2) is 29.2 Å². The van der Waals surface area contributed by atoms with E-state index in [4.69, 9.17) is 4.52 Å². The van der Waals surface area contributed by atoms with Crippen molar-refractivity contribution in [2.75, 3.05) is 0 Å². The van der Waals surface area contributed by atoms with Crippen molar-refractivity contribution in [3.05, 3.63) is 41.8 Å². The lowest BCUT2D eigenvalue weighted by Crippen LogP contribution is -2.20. The van der Waals surface area contributed by atoms with Crippen LogP contribution in [0.25, 0.3) is 0 Å². The van der Waals surface area contributed by atoms with Crippen LogP contribution in [-0.4, -0.2) is 15.1 Å². The van der Waals surface area contributed by atoms with Gasteiger partial charge in [-0.1, -0.05) is 5.16 Å². The summed E-state index contributed by atoms with van der Waals surface area (Å²) < 4.78 is 5.00. The van der Waals surface area contributed by atoms with E-state index in [2.05, 4.69) is 20.4 Å². The molecule has 0 amide bonds. The molecule has 5 nitrogen and oxygen atoms in total. The third kappa shape index (κ3) is 2.43. The highest BCUT2D eigenvalue weighted by molar-refractivity contribution is 5.12. The fraction of sp³-hybridized carbons (Fsp3) is 0.364. The number of nitrogens with one attached hydrogen (secondary N) is 1. The largest absolute Gasteiger partial charge is 0.360 e. The van der Waals surface area contributed by atoms with Gasteiger partial charge >= 0.3 is 0 Å². The molecule has 1 unspecified atom stereocenters. The van der Waals surface area contributed by atoms with Crippen LogP contribution in [0.1, 0.15) is 30.1 Å². The lowest BCUT2D eigenvalue weighted by atomic mass is 10.2. The van der Waals surface area contributed by atoms with Crippen molar-refractivity contribution in [2.24, 2.45) is 0 Å². The fourth-order valence-electron chi connectivity index (χ4n) is 1.53. The van der Waals surface area contributed by atoms with Gasteiger partial charge in [-0.2, -0.15) is 0 Å². The lowest BCUT2D eigenvalue weighted by molar-refractivity contribution is 0.365. The molecule has 0 aliphatic carbocycles. The molecular weight excluding hydrogens is 204 g/mol. The number of hydrogen-bond acceptors (Lipinski definition) is 5. The quantitative estimate of drug-likeness (QED) is 0.844. The normalized spacial score (nSPS) is 12.6. The first-order valence-electron chi connectivity index (χ1n) is 5.18. The summed E-state index contributed by atoms with van der Waals surface area (Å²) in [6.07, 6.45) is 5.03. The Bertz CT molecular complexity index is 441. The second-order valence-electron chi connectivity index (χ2n) is 3.61. The topological polar surface area (TPSA) is 63.8 Å². The smallest absolute Gasteiger partial charge is 0.150 e. The molecule has 2 aromatic rings. The minimum Gasteiger partial charge on any atom is -0.360 e. The zero-order valence-electron chi connectivity index (χ0n) is 9.34. The summed E-state index contributed by atoms with van der Waals surface area (Å²) in [5, 5.41) is 6.95. The number of aryl methyl sites for hydroxylation is 1. The molecule has 0 saturated carbocycles. The van der Waals surface area contributed by atoms with Crippen molar-refractivity contribution in [1.29, 1.82) is 0 Å². The Morgan fingerprint density at radius 1 is 1.31 bits per heavy atom. The molecule has 0 aliphatic rings. The summed E-state index contributed by atoms with van der Waals surface area (Å²) in [4.78, 5) is 8.51. The second-order valence-corrected chi connectivity index (χ2v) is 3.61. The first kappa shape index (κ1) is 10.8. The summed E-state index contributed by atoms with van der Waals surface area (Å²) in [5.74, 6) is 0.813. The zero-order chi connectivity index (χ0) is 11.4. The SMILES string of the molecule is Cc1nccnc1C(C)NCc1ccno1. The summed E-state index contributed by atoms with van der Waals surface area (Å²) in [6, 6.07) is 1.97. The summed E-state index contributed by atoms with van der Waals surface area (Å²) in [6.45, 7) is 4.64. The van der Waals surface area contributed by atoms with Crippen molar-refractivity contribution >= 4 is 0 Å². The summed E-state index contributed by atoms with van der Waals surface area (Å²) >= 11 is 0. The van der Waals surface area contributed by atoms with Crippen molar-refractivity contribution in [1.82, 2.24) is 20.4 Å². The van der Waals surface area contributed by atoms with E-state index in [1.807, 2.05) is 19.9 Å². The molecule has 1 atom stereocenters. The molecule has 0 aromatic carbocycles. The highest BCUT2D eigenvalue weighted by Gasteiger charge is 2.10. The van der Waals surface area contributed by atoms with Gasteiger partial charge in [0.25, 0.3) is 0 Å². The molecule has 2 heterocycles. The summed E-state index contributed by atoms with van der Waals surface area (Å²) in [7, 11) is 0. The zero-order valence-corrected chi connectivity index (χ0v) is 9.34. The second kappa shape index (κ2) is 4.85. The molecule has 5 heteroatoms. The van der Waals surface area contributed by atoms with Crippen LogP contribution in [-0.2, 0) is 6.54 Å². The Hall–Kier alpha value is -1.75. The molecule has 16 heavy (non-hydrogen) atoms. The minimum atomic E-state index is 0.138. The van der Waals surface area contributed by atoms with E-state index in [1.165, 1.54) is 0 Å². The predicted molar refractivity (Wildman–Crippen MR) is 58.5 cm³/mol. The van der Waals surface area contributed by atoms with Gasteiger partial charge in [-0.15, -0.1) is 0 Å². The molecule has 0 saturated heterocycles. The van der Waals surface area contributed by atoms with Crippen LogP contribution in [0, 0.1) is 6.92 Å². The Balaban J connectivity index is 1.98. The molecule has 2 rings (SSSR count). The first-order chi connectivity index (χ1) is 7.77. The van der Waals surface area contributed by atoms with E-state index in [1.54, 1.807) is 18.6 Å². The van der Waals surface area contributed by atoms with Crippen LogP contribution in [0.4, 0.5) is 0 Å². The third-order valence-electron chi connectivity index (χ3n) is 2.40. The van der Waals surface area contributed by atoms with E-state index >= 15 is 0 Å². The predicted octanol–water partition coefficient (Wildman–Crippen LogP) is 1.62. The van der Waals surface area contributed by atoms with E-state index in [-0.39, 0.29) is 6.04 Å². The van der Waals surface area contributed by atoms with Gasteiger partial charge in [0.2, 0.25) is 0 Å². The Kier molecular flexibility index (Phi) is 3.26. The molecule has 1 N–H and O–H groups in total. The van der Waals surface area contributed by atoms with E-state index < -0.39 is 0 Å². The maximum absolute atomic E-state index is 5.00. The maximum Gasteiger partial charge on any atom is 0.150 e. The molecule has 84 valence electrons. The van der Waals surface area contributed by atoms with Gasteiger partial charge < -0.3 is 9.84 Å². The highest BCUT2D eigenvalue weighted by atomic mass is 16.5.